The minimum atomic E-state index is -3.98. The number of anilines is 1. The van der Waals surface area contributed by atoms with Gasteiger partial charge in [-0.25, -0.2) is 28.5 Å². The summed E-state index contributed by atoms with van der Waals surface area (Å²) in [7, 11) is -2.64. The Hall–Kier alpha value is -1.91. The molecule has 2 heterocycles. The predicted octanol–water partition coefficient (Wildman–Crippen LogP) is 1.69. The number of ether oxygens (including phenoxy) is 1. The standard InChI is InChI=1S/C14H19N5O3S2/c1-7(2)12-9(23-10-6-17-8(3)18-13(10)15)5-11(24(16,20)21)14(19-12)22-4/h5-7H,1-4H3,(H2,15,17,18)(H2,16,20,21). The molecule has 0 amide bonds. The maximum absolute atomic E-state index is 11.8. The maximum Gasteiger partial charge on any atom is 0.243 e. The summed E-state index contributed by atoms with van der Waals surface area (Å²) >= 11 is 1.24. The molecule has 0 radical (unpaired) electrons. The van der Waals surface area contributed by atoms with Gasteiger partial charge in [0.1, 0.15) is 16.5 Å². The first-order chi connectivity index (χ1) is 11.1. The molecule has 2 aromatic heterocycles. The molecule has 0 bridgehead atoms. The van der Waals surface area contributed by atoms with Crippen LogP contribution in [-0.4, -0.2) is 30.5 Å². The monoisotopic (exact) mass is 369 g/mol. The predicted molar refractivity (Wildman–Crippen MR) is 91.6 cm³/mol. The first-order valence-electron chi connectivity index (χ1n) is 7.02. The lowest BCUT2D eigenvalue weighted by Gasteiger charge is -2.15. The molecule has 0 fully saturated rings. The lowest BCUT2D eigenvalue weighted by atomic mass is 10.1. The second kappa shape index (κ2) is 6.91. The molecule has 0 atom stereocenters. The number of hydrogen-bond acceptors (Lipinski definition) is 8. The van der Waals surface area contributed by atoms with Crippen molar-refractivity contribution >= 4 is 27.6 Å². The number of pyridine rings is 1. The third kappa shape index (κ3) is 3.94. The number of aromatic nitrogens is 3. The van der Waals surface area contributed by atoms with Crippen LogP contribution in [0.5, 0.6) is 5.88 Å². The van der Waals surface area contributed by atoms with Crippen molar-refractivity contribution in [3.63, 3.8) is 0 Å². The third-order valence-electron chi connectivity index (χ3n) is 3.12. The van der Waals surface area contributed by atoms with Crippen molar-refractivity contribution in [2.75, 3.05) is 12.8 Å². The summed E-state index contributed by atoms with van der Waals surface area (Å²) in [5, 5.41) is 5.26. The average molecular weight is 369 g/mol. The fourth-order valence-corrected chi connectivity index (χ4v) is 3.78. The van der Waals surface area contributed by atoms with Crippen LogP contribution >= 0.6 is 11.8 Å². The van der Waals surface area contributed by atoms with Crippen LogP contribution in [0.2, 0.25) is 0 Å². The number of sulfonamides is 1. The molecule has 0 saturated carbocycles. The number of rotatable bonds is 5. The van der Waals surface area contributed by atoms with E-state index in [4.69, 9.17) is 15.6 Å². The van der Waals surface area contributed by atoms with Gasteiger partial charge in [0.05, 0.1) is 17.7 Å². The van der Waals surface area contributed by atoms with Crippen LogP contribution in [0.4, 0.5) is 5.82 Å². The van der Waals surface area contributed by atoms with Crippen LogP contribution in [0.15, 0.2) is 26.9 Å². The zero-order chi connectivity index (χ0) is 18.1. The van der Waals surface area contributed by atoms with Gasteiger partial charge in [0.2, 0.25) is 15.9 Å². The van der Waals surface area contributed by atoms with Crippen molar-refractivity contribution < 1.29 is 13.2 Å². The first kappa shape index (κ1) is 18.4. The smallest absolute Gasteiger partial charge is 0.243 e. The number of nitrogens with two attached hydrogens (primary N) is 2. The number of nitrogen functional groups attached to an aromatic ring is 1. The molecule has 0 aliphatic heterocycles. The van der Waals surface area contributed by atoms with Gasteiger partial charge in [-0.3, -0.25) is 0 Å². The summed E-state index contributed by atoms with van der Waals surface area (Å²) in [5.41, 5.74) is 6.59. The summed E-state index contributed by atoms with van der Waals surface area (Å²) in [6.07, 6.45) is 1.59. The van der Waals surface area contributed by atoms with Crippen molar-refractivity contribution in [2.24, 2.45) is 5.14 Å². The highest BCUT2D eigenvalue weighted by atomic mass is 32.2. The van der Waals surface area contributed by atoms with Gasteiger partial charge in [-0.1, -0.05) is 25.6 Å². The number of primary sulfonamides is 1. The van der Waals surface area contributed by atoms with E-state index >= 15 is 0 Å². The van der Waals surface area contributed by atoms with Crippen molar-refractivity contribution in [3.8, 4) is 5.88 Å². The molecule has 0 aromatic carbocycles. The Morgan fingerprint density at radius 2 is 1.92 bits per heavy atom. The number of aryl methyl sites for hydroxylation is 1. The molecule has 8 nitrogen and oxygen atoms in total. The fourth-order valence-electron chi connectivity index (χ4n) is 1.99. The van der Waals surface area contributed by atoms with E-state index in [2.05, 4.69) is 15.0 Å². The maximum atomic E-state index is 11.8. The number of hydrogen-bond donors (Lipinski definition) is 2. The van der Waals surface area contributed by atoms with E-state index in [-0.39, 0.29) is 16.7 Å². The lowest BCUT2D eigenvalue weighted by molar-refractivity contribution is 0.381. The quantitative estimate of drug-likeness (QED) is 0.813. The molecule has 24 heavy (non-hydrogen) atoms. The molecule has 10 heteroatoms. The van der Waals surface area contributed by atoms with Crippen LogP contribution in [0.25, 0.3) is 0 Å². The van der Waals surface area contributed by atoms with Crippen molar-refractivity contribution in [3.05, 3.63) is 23.8 Å². The Bertz CT molecular complexity index is 869. The Morgan fingerprint density at radius 1 is 1.25 bits per heavy atom. The summed E-state index contributed by atoms with van der Waals surface area (Å²) in [6.45, 7) is 5.62. The molecule has 0 unspecified atom stereocenters. The van der Waals surface area contributed by atoms with Gasteiger partial charge in [0, 0.05) is 11.1 Å². The highest BCUT2D eigenvalue weighted by Gasteiger charge is 2.22. The molecular weight excluding hydrogens is 350 g/mol. The highest BCUT2D eigenvalue weighted by Crippen LogP contribution is 2.38. The second-order valence-electron chi connectivity index (χ2n) is 5.35. The van der Waals surface area contributed by atoms with Crippen molar-refractivity contribution in [1.29, 1.82) is 0 Å². The van der Waals surface area contributed by atoms with Crippen LogP contribution < -0.4 is 15.6 Å². The Labute approximate surface area is 145 Å². The summed E-state index contributed by atoms with van der Waals surface area (Å²) < 4.78 is 28.7. The first-order valence-corrected chi connectivity index (χ1v) is 9.38. The third-order valence-corrected chi connectivity index (χ3v) is 5.10. The number of nitrogens with zero attached hydrogens (tertiary/aromatic N) is 3. The summed E-state index contributed by atoms with van der Waals surface area (Å²) in [6, 6.07) is 1.44. The van der Waals surface area contributed by atoms with Gasteiger partial charge in [0.15, 0.2) is 0 Å². The van der Waals surface area contributed by atoms with Gasteiger partial charge in [-0.2, -0.15) is 0 Å². The van der Waals surface area contributed by atoms with E-state index in [1.807, 2.05) is 13.8 Å². The average Bonchev–Trinajstić information content (AvgIpc) is 2.48. The van der Waals surface area contributed by atoms with Gasteiger partial charge >= 0.3 is 0 Å². The van der Waals surface area contributed by atoms with Crippen LogP contribution in [0.3, 0.4) is 0 Å². The van der Waals surface area contributed by atoms with Gasteiger partial charge in [0.25, 0.3) is 0 Å². The molecule has 0 aliphatic carbocycles. The molecule has 0 spiro atoms. The van der Waals surface area contributed by atoms with Gasteiger partial charge in [-0.15, -0.1) is 0 Å². The van der Waals surface area contributed by atoms with Crippen molar-refractivity contribution in [1.82, 2.24) is 15.0 Å². The summed E-state index contributed by atoms with van der Waals surface area (Å²) in [5.74, 6) is 0.872. The number of methoxy groups -OCH3 is 1. The molecule has 0 saturated heterocycles. The van der Waals surface area contributed by atoms with Crippen LogP contribution in [0.1, 0.15) is 31.3 Å². The Balaban J connectivity index is 2.62. The second-order valence-corrected chi connectivity index (χ2v) is 7.96. The Kier molecular flexibility index (Phi) is 5.31. The molecule has 2 aromatic rings. The van der Waals surface area contributed by atoms with Crippen LogP contribution in [-0.2, 0) is 10.0 Å². The van der Waals surface area contributed by atoms with E-state index < -0.39 is 10.0 Å². The van der Waals surface area contributed by atoms with E-state index in [1.165, 1.54) is 24.9 Å². The molecule has 0 aliphatic rings. The van der Waals surface area contributed by atoms with E-state index in [1.54, 1.807) is 13.1 Å². The Morgan fingerprint density at radius 3 is 2.42 bits per heavy atom. The minimum Gasteiger partial charge on any atom is -0.480 e. The van der Waals surface area contributed by atoms with Crippen LogP contribution in [0, 0.1) is 6.92 Å². The van der Waals surface area contributed by atoms with Gasteiger partial charge < -0.3 is 10.5 Å². The molecular formula is C14H19N5O3S2. The van der Waals surface area contributed by atoms with Gasteiger partial charge in [-0.05, 0) is 18.9 Å². The minimum absolute atomic E-state index is 0.0290. The zero-order valence-corrected chi connectivity index (χ0v) is 15.4. The molecule has 2 rings (SSSR count). The summed E-state index contributed by atoms with van der Waals surface area (Å²) in [4.78, 5) is 13.6. The molecule has 4 N–H and O–H groups in total. The van der Waals surface area contributed by atoms with E-state index in [0.717, 1.165) is 0 Å². The zero-order valence-electron chi connectivity index (χ0n) is 13.8. The lowest BCUT2D eigenvalue weighted by Crippen LogP contribution is -2.15. The van der Waals surface area contributed by atoms with E-state index in [9.17, 15) is 8.42 Å². The fraction of sp³-hybridized carbons (Fsp3) is 0.357. The highest BCUT2D eigenvalue weighted by molar-refractivity contribution is 7.99. The van der Waals surface area contributed by atoms with E-state index in [0.29, 0.717) is 27.1 Å². The van der Waals surface area contributed by atoms with Crippen molar-refractivity contribution in [2.45, 2.75) is 41.4 Å². The topological polar surface area (TPSA) is 134 Å². The largest absolute Gasteiger partial charge is 0.480 e. The normalized spacial score (nSPS) is 11.8. The molecule has 130 valence electrons. The SMILES string of the molecule is COc1nc(C(C)C)c(Sc2cnc(C)nc2N)cc1S(N)(=O)=O.